The number of piperidine rings is 1. The summed E-state index contributed by atoms with van der Waals surface area (Å²) in [5, 5.41) is 12.2. The SMILES string of the molecule is CCC(COC)NC1CCN(CC#N)CC1. The Labute approximate surface area is 98.6 Å². The van der Waals surface area contributed by atoms with E-state index in [-0.39, 0.29) is 0 Å². The fourth-order valence-corrected chi connectivity index (χ4v) is 2.18. The van der Waals surface area contributed by atoms with Crippen molar-refractivity contribution in [2.75, 3.05) is 33.4 Å². The van der Waals surface area contributed by atoms with Crippen LogP contribution >= 0.6 is 0 Å². The molecule has 4 nitrogen and oxygen atoms in total. The van der Waals surface area contributed by atoms with Crippen LogP contribution in [-0.4, -0.2) is 50.3 Å². The molecule has 0 spiro atoms. The number of nitrogens with zero attached hydrogens (tertiary/aromatic N) is 2. The van der Waals surface area contributed by atoms with Crippen LogP contribution in [0.15, 0.2) is 0 Å². The van der Waals surface area contributed by atoms with Crippen molar-refractivity contribution in [1.29, 1.82) is 5.26 Å². The van der Waals surface area contributed by atoms with Gasteiger partial charge < -0.3 is 10.1 Å². The molecule has 0 radical (unpaired) electrons. The molecule has 16 heavy (non-hydrogen) atoms. The molecule has 92 valence electrons. The summed E-state index contributed by atoms with van der Waals surface area (Å²) < 4.78 is 5.18. The fraction of sp³-hybridized carbons (Fsp3) is 0.917. The third-order valence-electron chi connectivity index (χ3n) is 3.21. The molecule has 1 N–H and O–H groups in total. The Morgan fingerprint density at radius 1 is 1.50 bits per heavy atom. The van der Waals surface area contributed by atoms with Gasteiger partial charge in [0.25, 0.3) is 0 Å². The molecule has 0 aliphatic carbocycles. The predicted octanol–water partition coefficient (Wildman–Crippen LogP) is 0.989. The Kier molecular flexibility index (Phi) is 6.39. The number of nitriles is 1. The van der Waals surface area contributed by atoms with E-state index in [4.69, 9.17) is 10.00 Å². The lowest BCUT2D eigenvalue weighted by molar-refractivity contribution is 0.143. The molecular weight excluding hydrogens is 202 g/mol. The molecule has 1 atom stereocenters. The number of hydrogen-bond donors (Lipinski definition) is 1. The predicted molar refractivity (Wildman–Crippen MR) is 64.2 cm³/mol. The van der Waals surface area contributed by atoms with E-state index >= 15 is 0 Å². The van der Waals surface area contributed by atoms with E-state index in [1.807, 2.05) is 0 Å². The number of likely N-dealkylation sites (tertiary alicyclic amines) is 1. The summed E-state index contributed by atoms with van der Waals surface area (Å²) in [6, 6.07) is 3.27. The van der Waals surface area contributed by atoms with Gasteiger partial charge in [0.15, 0.2) is 0 Å². The van der Waals surface area contributed by atoms with E-state index in [9.17, 15) is 0 Å². The normalized spacial score (nSPS) is 20.6. The van der Waals surface area contributed by atoms with Gasteiger partial charge in [0.2, 0.25) is 0 Å². The molecule has 0 aromatic carbocycles. The maximum absolute atomic E-state index is 8.61. The highest BCUT2D eigenvalue weighted by molar-refractivity contribution is 4.84. The van der Waals surface area contributed by atoms with Crippen LogP contribution in [0.4, 0.5) is 0 Å². The molecule has 0 aromatic rings. The Morgan fingerprint density at radius 3 is 2.69 bits per heavy atom. The Balaban J connectivity index is 2.23. The second kappa shape index (κ2) is 7.61. The zero-order chi connectivity index (χ0) is 11.8. The summed E-state index contributed by atoms with van der Waals surface area (Å²) >= 11 is 0. The van der Waals surface area contributed by atoms with Crippen LogP contribution in [0.1, 0.15) is 26.2 Å². The summed E-state index contributed by atoms with van der Waals surface area (Å²) in [4.78, 5) is 2.22. The van der Waals surface area contributed by atoms with Crippen molar-refractivity contribution in [2.45, 2.75) is 38.3 Å². The summed E-state index contributed by atoms with van der Waals surface area (Å²) in [5.41, 5.74) is 0. The molecular formula is C12H23N3O. The monoisotopic (exact) mass is 225 g/mol. The summed E-state index contributed by atoms with van der Waals surface area (Å²) in [6.45, 7) is 5.61. The second-order valence-corrected chi connectivity index (χ2v) is 4.44. The summed E-state index contributed by atoms with van der Waals surface area (Å²) in [6.07, 6.45) is 3.38. The van der Waals surface area contributed by atoms with Gasteiger partial charge in [0.05, 0.1) is 19.2 Å². The van der Waals surface area contributed by atoms with Crippen LogP contribution in [0, 0.1) is 11.3 Å². The largest absolute Gasteiger partial charge is 0.383 e. The maximum Gasteiger partial charge on any atom is 0.0866 e. The molecule has 1 aliphatic rings. The van der Waals surface area contributed by atoms with Crippen LogP contribution in [0.2, 0.25) is 0 Å². The van der Waals surface area contributed by atoms with Gasteiger partial charge in [-0.2, -0.15) is 5.26 Å². The second-order valence-electron chi connectivity index (χ2n) is 4.44. The van der Waals surface area contributed by atoms with Gasteiger partial charge in [-0.3, -0.25) is 4.90 Å². The minimum absolute atomic E-state index is 0.470. The minimum atomic E-state index is 0.470. The van der Waals surface area contributed by atoms with Crippen molar-refractivity contribution in [2.24, 2.45) is 0 Å². The first kappa shape index (κ1) is 13.4. The molecule has 1 aliphatic heterocycles. The van der Waals surface area contributed by atoms with Crippen molar-refractivity contribution >= 4 is 0 Å². The third kappa shape index (κ3) is 4.48. The fourth-order valence-electron chi connectivity index (χ4n) is 2.18. The first-order valence-electron chi connectivity index (χ1n) is 6.14. The van der Waals surface area contributed by atoms with Gasteiger partial charge in [-0.1, -0.05) is 6.92 Å². The molecule has 1 saturated heterocycles. The number of rotatable bonds is 6. The molecule has 1 rings (SSSR count). The third-order valence-corrected chi connectivity index (χ3v) is 3.21. The lowest BCUT2D eigenvalue weighted by Crippen LogP contribution is -2.47. The van der Waals surface area contributed by atoms with Crippen molar-refractivity contribution < 1.29 is 4.74 Å². The summed E-state index contributed by atoms with van der Waals surface area (Å²) in [7, 11) is 1.75. The van der Waals surface area contributed by atoms with Crippen molar-refractivity contribution in [3.05, 3.63) is 0 Å². The molecule has 0 bridgehead atoms. The zero-order valence-electron chi connectivity index (χ0n) is 10.4. The van der Waals surface area contributed by atoms with Crippen LogP contribution in [0.3, 0.4) is 0 Å². The molecule has 0 amide bonds. The first-order valence-corrected chi connectivity index (χ1v) is 6.14. The number of methoxy groups -OCH3 is 1. The van der Waals surface area contributed by atoms with Crippen molar-refractivity contribution in [3.8, 4) is 6.07 Å². The van der Waals surface area contributed by atoms with Gasteiger partial charge in [0.1, 0.15) is 0 Å². The van der Waals surface area contributed by atoms with Gasteiger partial charge >= 0.3 is 0 Å². The molecule has 1 unspecified atom stereocenters. The Morgan fingerprint density at radius 2 is 2.19 bits per heavy atom. The molecule has 1 fully saturated rings. The quantitative estimate of drug-likeness (QED) is 0.685. The topological polar surface area (TPSA) is 48.3 Å². The smallest absolute Gasteiger partial charge is 0.0866 e. The van der Waals surface area contributed by atoms with Crippen molar-refractivity contribution in [3.63, 3.8) is 0 Å². The number of nitrogens with one attached hydrogen (secondary N) is 1. The van der Waals surface area contributed by atoms with Crippen LogP contribution in [0.5, 0.6) is 0 Å². The molecule has 4 heteroatoms. The number of hydrogen-bond acceptors (Lipinski definition) is 4. The van der Waals surface area contributed by atoms with Gasteiger partial charge in [-0.15, -0.1) is 0 Å². The molecule has 0 aromatic heterocycles. The van der Waals surface area contributed by atoms with Gasteiger partial charge in [0, 0.05) is 32.3 Å². The minimum Gasteiger partial charge on any atom is -0.383 e. The Hall–Kier alpha value is -0.630. The average Bonchev–Trinajstić information content (AvgIpc) is 2.31. The average molecular weight is 225 g/mol. The number of ether oxygens (including phenoxy) is 1. The van der Waals surface area contributed by atoms with Gasteiger partial charge in [-0.05, 0) is 19.3 Å². The zero-order valence-corrected chi connectivity index (χ0v) is 10.4. The first-order chi connectivity index (χ1) is 7.80. The van der Waals surface area contributed by atoms with Crippen molar-refractivity contribution in [1.82, 2.24) is 10.2 Å². The van der Waals surface area contributed by atoms with Crippen LogP contribution < -0.4 is 5.32 Å². The van der Waals surface area contributed by atoms with E-state index in [0.717, 1.165) is 39.0 Å². The highest BCUT2D eigenvalue weighted by atomic mass is 16.5. The van der Waals surface area contributed by atoms with Gasteiger partial charge in [-0.25, -0.2) is 0 Å². The lowest BCUT2D eigenvalue weighted by Gasteiger charge is -2.33. The summed E-state index contributed by atoms with van der Waals surface area (Å²) in [5.74, 6) is 0. The van der Waals surface area contributed by atoms with E-state index in [1.54, 1.807) is 7.11 Å². The van der Waals surface area contributed by atoms with E-state index in [0.29, 0.717) is 18.6 Å². The van der Waals surface area contributed by atoms with E-state index in [2.05, 4.69) is 23.2 Å². The standard InChI is InChI=1S/C12H23N3O/c1-3-11(10-16-2)14-12-4-7-15(8-5-12)9-6-13/h11-12,14H,3-5,7-10H2,1-2H3. The highest BCUT2D eigenvalue weighted by Gasteiger charge is 2.20. The van der Waals surface area contributed by atoms with E-state index in [1.165, 1.54) is 0 Å². The van der Waals surface area contributed by atoms with E-state index < -0.39 is 0 Å². The Bertz CT molecular complexity index is 219. The molecule has 0 saturated carbocycles. The molecule has 1 heterocycles. The lowest BCUT2D eigenvalue weighted by atomic mass is 10.0. The van der Waals surface area contributed by atoms with Crippen LogP contribution in [0.25, 0.3) is 0 Å². The van der Waals surface area contributed by atoms with Crippen LogP contribution in [-0.2, 0) is 4.74 Å². The maximum atomic E-state index is 8.61. The highest BCUT2D eigenvalue weighted by Crippen LogP contribution is 2.11.